The third-order valence-electron chi connectivity index (χ3n) is 8.35. The van der Waals surface area contributed by atoms with E-state index in [2.05, 4.69) is 24.3 Å². The van der Waals surface area contributed by atoms with Gasteiger partial charge in [-0.25, -0.2) is 0 Å². The summed E-state index contributed by atoms with van der Waals surface area (Å²) < 4.78 is 0. The summed E-state index contributed by atoms with van der Waals surface area (Å²) in [5, 5.41) is 0. The van der Waals surface area contributed by atoms with Gasteiger partial charge in [-0.3, -0.25) is 14.4 Å². The number of benzene rings is 2. The summed E-state index contributed by atoms with van der Waals surface area (Å²) in [4.78, 5) is 44.8. The van der Waals surface area contributed by atoms with Gasteiger partial charge in [0.25, 0.3) is 5.91 Å². The van der Waals surface area contributed by atoms with E-state index in [1.807, 2.05) is 45.0 Å². The highest BCUT2D eigenvalue weighted by atomic mass is 16.2. The summed E-state index contributed by atoms with van der Waals surface area (Å²) in [5.41, 5.74) is 2.59. The van der Waals surface area contributed by atoms with Crippen LogP contribution < -0.4 is 0 Å². The van der Waals surface area contributed by atoms with Gasteiger partial charge in [-0.1, -0.05) is 48.5 Å². The number of nitrogens with zero attached hydrogens (tertiary/aromatic N) is 3. The van der Waals surface area contributed by atoms with Gasteiger partial charge in [0.1, 0.15) is 0 Å². The molecule has 3 heterocycles. The second kappa shape index (κ2) is 9.84. The number of piperidine rings is 2. The van der Waals surface area contributed by atoms with Crippen LogP contribution in [0, 0.1) is 5.92 Å². The number of carbonyl (C=O) groups excluding carboxylic acids is 3. The third-order valence-corrected chi connectivity index (χ3v) is 8.35. The first kappa shape index (κ1) is 23.6. The Kier molecular flexibility index (Phi) is 6.63. The Hall–Kier alpha value is -3.15. The molecule has 0 radical (unpaired) electrons. The zero-order valence-corrected chi connectivity index (χ0v) is 20.6. The molecule has 0 aliphatic carbocycles. The zero-order chi connectivity index (χ0) is 24.4. The van der Waals surface area contributed by atoms with Crippen molar-refractivity contribution in [2.24, 2.45) is 5.92 Å². The quantitative estimate of drug-likeness (QED) is 0.662. The van der Waals surface area contributed by atoms with Crippen molar-refractivity contribution in [1.29, 1.82) is 0 Å². The summed E-state index contributed by atoms with van der Waals surface area (Å²) in [6, 6.07) is 18.3. The summed E-state index contributed by atoms with van der Waals surface area (Å²) in [5.74, 6) is 0.819. The van der Waals surface area contributed by atoms with Crippen LogP contribution in [0.3, 0.4) is 0 Å². The Bertz CT molecular complexity index is 1080. The van der Waals surface area contributed by atoms with Crippen molar-refractivity contribution in [2.45, 2.75) is 57.5 Å². The van der Waals surface area contributed by atoms with E-state index in [4.69, 9.17) is 0 Å². The molecule has 0 aromatic heterocycles. The monoisotopic (exact) mass is 473 g/mol. The van der Waals surface area contributed by atoms with Gasteiger partial charge in [0.05, 0.1) is 12.0 Å². The zero-order valence-electron chi connectivity index (χ0n) is 20.6. The van der Waals surface area contributed by atoms with Crippen LogP contribution in [0.1, 0.15) is 60.5 Å². The van der Waals surface area contributed by atoms with E-state index in [1.165, 1.54) is 5.56 Å². The van der Waals surface area contributed by atoms with Crippen molar-refractivity contribution < 1.29 is 14.4 Å². The van der Waals surface area contributed by atoms with E-state index in [9.17, 15) is 14.4 Å². The molecular formula is C29H35N3O3. The van der Waals surface area contributed by atoms with E-state index in [1.54, 1.807) is 6.92 Å². The Morgan fingerprint density at radius 1 is 0.886 bits per heavy atom. The predicted octanol–water partition coefficient (Wildman–Crippen LogP) is 3.89. The predicted molar refractivity (Wildman–Crippen MR) is 135 cm³/mol. The molecule has 0 atom stereocenters. The van der Waals surface area contributed by atoms with Gasteiger partial charge in [0.2, 0.25) is 11.8 Å². The summed E-state index contributed by atoms with van der Waals surface area (Å²) in [6.07, 6.45) is 4.71. The number of amides is 3. The van der Waals surface area contributed by atoms with Gasteiger partial charge in [-0.05, 0) is 55.2 Å². The second-order valence-corrected chi connectivity index (χ2v) is 10.5. The van der Waals surface area contributed by atoms with Crippen molar-refractivity contribution in [1.82, 2.24) is 14.7 Å². The van der Waals surface area contributed by atoms with Crippen LogP contribution in [0.2, 0.25) is 0 Å². The van der Waals surface area contributed by atoms with E-state index < -0.39 is 5.54 Å². The van der Waals surface area contributed by atoms with E-state index >= 15 is 0 Å². The lowest BCUT2D eigenvalue weighted by Gasteiger charge is -2.48. The van der Waals surface area contributed by atoms with Gasteiger partial charge >= 0.3 is 0 Å². The lowest BCUT2D eigenvalue weighted by Crippen LogP contribution is -2.58. The first-order valence-electron chi connectivity index (χ1n) is 12.9. The third kappa shape index (κ3) is 4.84. The molecule has 5 rings (SSSR count). The minimum atomic E-state index is -0.542. The molecule has 2 fully saturated rings. The Balaban J connectivity index is 1.27. The van der Waals surface area contributed by atoms with Crippen LogP contribution in [-0.2, 0) is 22.6 Å². The standard InChI is InChI=1S/C29H35N3O3/c1-22(33)30-17-13-29(14-18-30,32-21-25-9-5-6-10-26(25)28(32)35)20-27(34)31-15-11-24(12-16-31)19-23-7-3-2-4-8-23/h2-10,24H,11-21H2,1H3. The molecule has 2 aromatic rings. The van der Waals surface area contributed by atoms with Crippen LogP contribution in [0.25, 0.3) is 0 Å². The maximum absolute atomic E-state index is 13.6. The molecule has 0 bridgehead atoms. The fraction of sp³-hybridized carbons (Fsp3) is 0.483. The van der Waals surface area contributed by atoms with Crippen LogP contribution in [0.5, 0.6) is 0 Å². The molecule has 3 aliphatic rings. The molecular weight excluding hydrogens is 438 g/mol. The molecule has 0 spiro atoms. The molecule has 6 heteroatoms. The molecule has 3 aliphatic heterocycles. The van der Waals surface area contributed by atoms with Gasteiger partial charge in [0.15, 0.2) is 0 Å². The SMILES string of the molecule is CC(=O)N1CCC(CC(=O)N2CCC(Cc3ccccc3)CC2)(N2Cc3ccccc3C2=O)CC1. The largest absolute Gasteiger partial charge is 0.343 e. The van der Waals surface area contributed by atoms with Crippen molar-refractivity contribution in [2.75, 3.05) is 26.2 Å². The number of carbonyl (C=O) groups is 3. The Morgan fingerprint density at radius 3 is 2.20 bits per heavy atom. The molecule has 6 nitrogen and oxygen atoms in total. The van der Waals surface area contributed by atoms with Crippen LogP contribution >= 0.6 is 0 Å². The van der Waals surface area contributed by atoms with Crippen LogP contribution in [0.4, 0.5) is 0 Å². The highest BCUT2D eigenvalue weighted by Gasteiger charge is 2.47. The first-order chi connectivity index (χ1) is 16.9. The molecule has 35 heavy (non-hydrogen) atoms. The molecule has 0 N–H and O–H groups in total. The van der Waals surface area contributed by atoms with Crippen LogP contribution in [-0.4, -0.2) is 64.1 Å². The van der Waals surface area contributed by atoms with Crippen molar-refractivity contribution in [3.63, 3.8) is 0 Å². The Labute approximate surface area is 207 Å². The maximum Gasteiger partial charge on any atom is 0.254 e. The number of likely N-dealkylation sites (tertiary alicyclic amines) is 2. The number of rotatable bonds is 5. The minimum Gasteiger partial charge on any atom is -0.343 e. The summed E-state index contributed by atoms with van der Waals surface area (Å²) >= 11 is 0. The molecule has 0 saturated carbocycles. The highest BCUT2D eigenvalue weighted by Crippen LogP contribution is 2.39. The van der Waals surface area contributed by atoms with Gasteiger partial charge in [-0.2, -0.15) is 0 Å². The molecule has 2 saturated heterocycles. The maximum atomic E-state index is 13.6. The molecule has 2 aromatic carbocycles. The highest BCUT2D eigenvalue weighted by molar-refractivity contribution is 5.99. The number of hydrogen-bond donors (Lipinski definition) is 0. The molecule has 0 unspecified atom stereocenters. The lowest BCUT2D eigenvalue weighted by atomic mass is 9.81. The fourth-order valence-electron chi connectivity index (χ4n) is 6.14. The minimum absolute atomic E-state index is 0.0197. The summed E-state index contributed by atoms with van der Waals surface area (Å²) in [6.45, 7) is 4.86. The van der Waals surface area contributed by atoms with Gasteiger partial charge < -0.3 is 14.7 Å². The number of hydrogen-bond acceptors (Lipinski definition) is 3. The molecule has 3 amide bonds. The summed E-state index contributed by atoms with van der Waals surface area (Å²) in [7, 11) is 0. The second-order valence-electron chi connectivity index (χ2n) is 10.5. The van der Waals surface area contributed by atoms with Crippen molar-refractivity contribution >= 4 is 17.7 Å². The van der Waals surface area contributed by atoms with Gasteiger partial charge in [-0.15, -0.1) is 0 Å². The lowest BCUT2D eigenvalue weighted by molar-refractivity contribution is -0.137. The van der Waals surface area contributed by atoms with Crippen molar-refractivity contribution in [3.05, 3.63) is 71.3 Å². The van der Waals surface area contributed by atoms with E-state index in [0.29, 0.717) is 44.8 Å². The van der Waals surface area contributed by atoms with Gasteiger partial charge in [0, 0.05) is 45.2 Å². The topological polar surface area (TPSA) is 60.9 Å². The van der Waals surface area contributed by atoms with E-state index in [0.717, 1.165) is 43.5 Å². The molecule has 184 valence electrons. The first-order valence-corrected chi connectivity index (χ1v) is 12.9. The van der Waals surface area contributed by atoms with E-state index in [-0.39, 0.29) is 17.7 Å². The normalized spacial score (nSPS) is 20.1. The van der Waals surface area contributed by atoms with Crippen molar-refractivity contribution in [3.8, 4) is 0 Å². The van der Waals surface area contributed by atoms with Crippen LogP contribution in [0.15, 0.2) is 54.6 Å². The average molecular weight is 474 g/mol. The smallest absolute Gasteiger partial charge is 0.254 e. The fourth-order valence-corrected chi connectivity index (χ4v) is 6.14. The Morgan fingerprint density at radius 2 is 1.54 bits per heavy atom. The number of fused-ring (bicyclic) bond motifs is 1. The average Bonchev–Trinajstić information content (AvgIpc) is 3.22.